The van der Waals surface area contributed by atoms with Crippen LogP contribution >= 0.6 is 0 Å². The van der Waals surface area contributed by atoms with E-state index in [4.69, 9.17) is 10.6 Å². The van der Waals surface area contributed by atoms with Gasteiger partial charge in [0.2, 0.25) is 0 Å². The Labute approximate surface area is 130 Å². The molecule has 0 aliphatic carbocycles. The molecule has 0 atom stereocenters. The highest BCUT2D eigenvalue weighted by Gasteiger charge is 2.25. The second kappa shape index (κ2) is 6.64. The quantitative estimate of drug-likeness (QED) is 0.517. The van der Waals surface area contributed by atoms with Crippen LogP contribution < -0.4 is 10.7 Å². The van der Waals surface area contributed by atoms with Crippen molar-refractivity contribution >= 4 is 17.5 Å². The lowest BCUT2D eigenvalue weighted by Crippen LogP contribution is -2.50. The molecule has 2 rings (SSSR count). The van der Waals surface area contributed by atoms with Crippen LogP contribution in [0.5, 0.6) is 0 Å². The molecule has 1 fully saturated rings. The molecule has 0 saturated carbocycles. The third kappa shape index (κ3) is 4.34. The molecule has 1 aliphatic rings. The minimum atomic E-state index is -0.457. The van der Waals surface area contributed by atoms with Crippen molar-refractivity contribution in [2.45, 2.75) is 26.4 Å². The first-order chi connectivity index (χ1) is 10.4. The number of benzene rings is 1. The summed E-state index contributed by atoms with van der Waals surface area (Å²) >= 11 is 0. The van der Waals surface area contributed by atoms with Gasteiger partial charge in [-0.05, 0) is 45.0 Å². The van der Waals surface area contributed by atoms with E-state index in [1.54, 1.807) is 4.90 Å². The third-order valence-corrected chi connectivity index (χ3v) is 3.32. The molecule has 120 valence electrons. The maximum atomic E-state index is 12.0. The summed E-state index contributed by atoms with van der Waals surface area (Å²) in [5.74, 6) is 5.03. The number of anilines is 1. The molecule has 1 aromatic rings. The van der Waals surface area contributed by atoms with E-state index >= 15 is 0 Å². The molecule has 1 heterocycles. The second-order valence-corrected chi connectivity index (χ2v) is 6.19. The predicted octanol–water partition coefficient (Wildman–Crippen LogP) is 2.70. The van der Waals surface area contributed by atoms with Gasteiger partial charge in [-0.25, -0.2) is 4.79 Å². The monoisotopic (exact) mass is 305 g/mol. The Bertz CT molecular complexity index is 528. The first-order valence-electron chi connectivity index (χ1n) is 7.33. The number of nitrogens with two attached hydrogens (primary N) is 1. The predicted molar refractivity (Wildman–Crippen MR) is 85.2 cm³/mol. The number of ether oxygens (including phenoxy) is 1. The lowest BCUT2D eigenvalue weighted by atomic mass is 10.2. The minimum absolute atomic E-state index is 0.245. The highest BCUT2D eigenvalue weighted by molar-refractivity contribution is 5.68. The average Bonchev–Trinajstić information content (AvgIpc) is 2.47. The van der Waals surface area contributed by atoms with E-state index in [9.17, 15) is 4.79 Å². The highest BCUT2D eigenvalue weighted by Crippen LogP contribution is 2.21. The van der Waals surface area contributed by atoms with Crippen LogP contribution in [0.1, 0.15) is 20.8 Å². The van der Waals surface area contributed by atoms with E-state index in [0.29, 0.717) is 13.1 Å². The van der Waals surface area contributed by atoms with Crippen LogP contribution in [0.4, 0.5) is 16.2 Å². The third-order valence-electron chi connectivity index (χ3n) is 3.32. The highest BCUT2D eigenvalue weighted by atomic mass is 16.6. The maximum Gasteiger partial charge on any atom is 0.410 e. The molecule has 0 aromatic heterocycles. The van der Waals surface area contributed by atoms with Crippen LogP contribution in [-0.2, 0) is 4.74 Å². The summed E-state index contributed by atoms with van der Waals surface area (Å²) in [5.41, 5.74) is 1.36. The van der Waals surface area contributed by atoms with Crippen molar-refractivity contribution in [1.82, 2.24) is 4.90 Å². The fourth-order valence-corrected chi connectivity index (χ4v) is 2.27. The van der Waals surface area contributed by atoms with Crippen LogP contribution in [0.25, 0.3) is 0 Å². The van der Waals surface area contributed by atoms with Crippen molar-refractivity contribution in [3.05, 3.63) is 24.3 Å². The summed E-state index contributed by atoms with van der Waals surface area (Å²) in [6, 6.07) is 7.69. The molecule has 2 N–H and O–H groups in total. The topological polar surface area (TPSA) is 83.5 Å². The summed E-state index contributed by atoms with van der Waals surface area (Å²) in [7, 11) is 0. The van der Waals surface area contributed by atoms with Gasteiger partial charge in [0.15, 0.2) is 0 Å². The Morgan fingerprint density at radius 2 is 1.73 bits per heavy atom. The number of hydrogen-bond acceptors (Lipinski definition) is 5. The Kier molecular flexibility index (Phi) is 4.85. The molecule has 0 bridgehead atoms. The zero-order chi connectivity index (χ0) is 16.2. The largest absolute Gasteiger partial charge is 0.444 e. The van der Waals surface area contributed by atoms with Crippen LogP contribution in [-0.4, -0.2) is 42.8 Å². The first kappa shape index (κ1) is 16.1. The Balaban J connectivity index is 1.90. The van der Waals surface area contributed by atoms with Crippen LogP contribution in [0.3, 0.4) is 0 Å². The molecule has 1 aromatic carbocycles. The summed E-state index contributed by atoms with van der Waals surface area (Å²) in [4.78, 5) is 16.0. The Morgan fingerprint density at radius 1 is 1.14 bits per heavy atom. The van der Waals surface area contributed by atoms with E-state index in [1.165, 1.54) is 0 Å². The van der Waals surface area contributed by atoms with Gasteiger partial charge in [0.1, 0.15) is 5.60 Å². The Hall–Kier alpha value is -2.31. The second-order valence-electron chi connectivity index (χ2n) is 6.19. The number of carbonyl (C=O) groups is 1. The van der Waals surface area contributed by atoms with Gasteiger partial charge in [0, 0.05) is 31.9 Å². The van der Waals surface area contributed by atoms with E-state index in [2.05, 4.69) is 15.2 Å². The van der Waals surface area contributed by atoms with Crippen LogP contribution in [0, 0.1) is 0 Å². The molecule has 1 aliphatic heterocycles. The normalized spacial score (nSPS) is 16.1. The first-order valence-corrected chi connectivity index (χ1v) is 7.33. The van der Waals surface area contributed by atoms with Crippen molar-refractivity contribution in [3.63, 3.8) is 0 Å². The van der Waals surface area contributed by atoms with Gasteiger partial charge in [-0.2, -0.15) is 0 Å². The molecule has 7 heteroatoms. The molecule has 0 spiro atoms. The summed E-state index contributed by atoms with van der Waals surface area (Å²) in [5, 5.41) is 7.04. The van der Waals surface area contributed by atoms with Gasteiger partial charge in [-0.3, -0.25) is 0 Å². The number of hydrogen-bond donors (Lipinski definition) is 1. The van der Waals surface area contributed by atoms with Crippen molar-refractivity contribution in [2.75, 3.05) is 31.1 Å². The van der Waals surface area contributed by atoms with E-state index in [-0.39, 0.29) is 6.09 Å². The van der Waals surface area contributed by atoms with Gasteiger partial charge in [-0.1, -0.05) is 5.22 Å². The van der Waals surface area contributed by atoms with Crippen LogP contribution in [0.15, 0.2) is 34.6 Å². The van der Waals surface area contributed by atoms with E-state index < -0.39 is 5.60 Å². The number of piperazine rings is 1. The average molecular weight is 305 g/mol. The van der Waals surface area contributed by atoms with E-state index in [1.807, 2.05) is 45.0 Å². The van der Waals surface area contributed by atoms with Gasteiger partial charge in [0.25, 0.3) is 0 Å². The molecule has 1 amide bonds. The minimum Gasteiger partial charge on any atom is -0.444 e. The fourth-order valence-electron chi connectivity index (χ4n) is 2.27. The van der Waals surface area contributed by atoms with Crippen molar-refractivity contribution in [2.24, 2.45) is 16.2 Å². The molecule has 1 saturated heterocycles. The summed E-state index contributed by atoms with van der Waals surface area (Å²) in [6.07, 6.45) is -0.245. The molecule has 0 unspecified atom stereocenters. The van der Waals surface area contributed by atoms with Crippen LogP contribution in [0.2, 0.25) is 0 Å². The number of carbonyl (C=O) groups excluding carboxylic acids is 1. The van der Waals surface area contributed by atoms with Crippen molar-refractivity contribution < 1.29 is 9.53 Å². The molecular weight excluding hydrogens is 282 g/mol. The molecule has 7 nitrogen and oxygen atoms in total. The summed E-state index contributed by atoms with van der Waals surface area (Å²) < 4.78 is 5.39. The van der Waals surface area contributed by atoms with Gasteiger partial charge >= 0.3 is 6.09 Å². The van der Waals surface area contributed by atoms with Gasteiger partial charge in [-0.15, -0.1) is 5.11 Å². The van der Waals surface area contributed by atoms with E-state index in [0.717, 1.165) is 24.5 Å². The molecule has 0 radical (unpaired) electrons. The fraction of sp³-hybridized carbons (Fsp3) is 0.533. The standard InChI is InChI=1S/C15H23N5O2/c1-15(2,3)22-14(21)20-10-8-19(9-11-20)13-6-4-12(5-7-13)17-18-16/h4-7H,8-11H2,1-3H3,(H2,16,17). The number of amides is 1. The SMILES string of the molecule is CC(C)(C)OC(=O)N1CCN(c2ccc(N=NN)cc2)CC1. The lowest BCUT2D eigenvalue weighted by Gasteiger charge is -2.36. The molecule has 22 heavy (non-hydrogen) atoms. The summed E-state index contributed by atoms with van der Waals surface area (Å²) in [6.45, 7) is 8.48. The zero-order valence-electron chi connectivity index (χ0n) is 13.3. The van der Waals surface area contributed by atoms with Gasteiger partial charge < -0.3 is 20.4 Å². The van der Waals surface area contributed by atoms with Crippen molar-refractivity contribution in [1.29, 1.82) is 0 Å². The number of nitrogens with zero attached hydrogens (tertiary/aromatic N) is 4. The zero-order valence-corrected chi connectivity index (χ0v) is 13.3. The van der Waals surface area contributed by atoms with Gasteiger partial charge in [0.05, 0.1) is 5.69 Å². The Morgan fingerprint density at radius 3 is 2.23 bits per heavy atom. The lowest BCUT2D eigenvalue weighted by molar-refractivity contribution is 0.0240. The smallest absolute Gasteiger partial charge is 0.410 e. The number of rotatable bonds is 2. The van der Waals surface area contributed by atoms with Crippen molar-refractivity contribution in [3.8, 4) is 0 Å². The maximum absolute atomic E-state index is 12.0. The molecular formula is C15H23N5O2.